The number of amides is 3. The summed E-state index contributed by atoms with van der Waals surface area (Å²) in [4.78, 5) is 41.9. The molecule has 12 heteroatoms. The van der Waals surface area contributed by atoms with Crippen LogP contribution in [0, 0.1) is 5.82 Å². The molecule has 2 heterocycles. The molecule has 0 spiro atoms. The van der Waals surface area contributed by atoms with Crippen molar-refractivity contribution in [3.8, 4) is 5.75 Å². The van der Waals surface area contributed by atoms with Crippen molar-refractivity contribution in [3.05, 3.63) is 82.3 Å². The molecule has 0 aliphatic carbocycles. The summed E-state index contributed by atoms with van der Waals surface area (Å²) in [5.74, 6) is -1.89. The lowest BCUT2D eigenvalue weighted by molar-refractivity contribution is -0.132. The van der Waals surface area contributed by atoms with E-state index in [0.717, 1.165) is 35.6 Å². The Kier molecular flexibility index (Phi) is 7.89. The molecule has 1 aliphatic rings. The number of methoxy groups -OCH3 is 1. The Morgan fingerprint density at radius 2 is 1.65 bits per heavy atom. The van der Waals surface area contributed by atoms with Gasteiger partial charge in [0, 0.05) is 31.7 Å². The van der Waals surface area contributed by atoms with E-state index in [1.165, 1.54) is 18.1 Å². The van der Waals surface area contributed by atoms with E-state index in [-0.39, 0.29) is 41.9 Å². The Hall–Kier alpha value is -3.77. The van der Waals surface area contributed by atoms with Gasteiger partial charge in [-0.05, 0) is 53.9 Å². The highest BCUT2D eigenvalue weighted by molar-refractivity contribution is 7.92. The lowest BCUT2D eigenvalue weighted by Gasteiger charge is -2.36. The van der Waals surface area contributed by atoms with Crippen molar-refractivity contribution >= 4 is 38.9 Å². The van der Waals surface area contributed by atoms with Crippen molar-refractivity contribution in [2.24, 2.45) is 0 Å². The van der Waals surface area contributed by atoms with E-state index in [9.17, 15) is 27.2 Å². The molecule has 1 aromatic heterocycles. The Morgan fingerprint density at radius 3 is 2.27 bits per heavy atom. The Morgan fingerprint density at radius 1 is 0.973 bits per heavy atom. The average molecular weight is 546 g/mol. The van der Waals surface area contributed by atoms with Gasteiger partial charge in [0.05, 0.1) is 16.9 Å². The third-order valence-electron chi connectivity index (χ3n) is 5.88. The van der Waals surface area contributed by atoms with Crippen LogP contribution in [0.4, 0.5) is 4.39 Å². The Balaban J connectivity index is 1.52. The third kappa shape index (κ3) is 5.81. The van der Waals surface area contributed by atoms with Crippen LogP contribution in [0.1, 0.15) is 20.0 Å². The second-order valence-electron chi connectivity index (χ2n) is 8.18. The molecule has 37 heavy (non-hydrogen) atoms. The van der Waals surface area contributed by atoms with Gasteiger partial charge in [-0.3, -0.25) is 14.4 Å². The van der Waals surface area contributed by atoms with Gasteiger partial charge in [-0.15, -0.1) is 11.3 Å². The van der Waals surface area contributed by atoms with Crippen LogP contribution in [-0.2, 0) is 14.6 Å². The van der Waals surface area contributed by atoms with E-state index in [4.69, 9.17) is 4.74 Å². The zero-order valence-corrected chi connectivity index (χ0v) is 21.4. The van der Waals surface area contributed by atoms with Crippen LogP contribution >= 0.6 is 11.3 Å². The minimum atomic E-state index is -4.41. The van der Waals surface area contributed by atoms with E-state index >= 15 is 0 Å². The van der Waals surface area contributed by atoms with Crippen LogP contribution in [0.2, 0.25) is 0 Å². The number of nitrogens with one attached hydrogen (secondary N) is 1. The van der Waals surface area contributed by atoms with Gasteiger partial charge in [-0.2, -0.15) is 0 Å². The van der Waals surface area contributed by atoms with Gasteiger partial charge in [0.1, 0.15) is 11.6 Å². The highest BCUT2D eigenvalue weighted by atomic mass is 32.2. The first kappa shape index (κ1) is 26.3. The molecule has 3 aromatic rings. The predicted molar refractivity (Wildman–Crippen MR) is 135 cm³/mol. The number of piperazine rings is 1. The molecule has 3 amide bonds. The minimum Gasteiger partial charge on any atom is -0.497 e. The molecule has 0 saturated carbocycles. The van der Waals surface area contributed by atoms with Crippen LogP contribution in [0.5, 0.6) is 5.75 Å². The standard InChI is InChI=1S/C25H24FN3O6S2/c1-35-19-5-2-4-17(16-19)24(31)28-11-13-29(14-12-28)25(32)23(27-22(30)21-6-3-15-36-21)37(33,34)20-9-7-18(26)8-10-20/h2-10,15-16,23H,11-14H2,1H3,(H,27,30)/t23-/m0/s1. The topological polar surface area (TPSA) is 113 Å². The van der Waals surface area contributed by atoms with Gasteiger partial charge < -0.3 is 19.9 Å². The van der Waals surface area contributed by atoms with Gasteiger partial charge in [0.15, 0.2) is 0 Å². The Bertz CT molecular complexity index is 1390. The molecule has 4 rings (SSSR count). The molecule has 194 valence electrons. The fraction of sp³-hybridized carbons (Fsp3) is 0.240. The minimum absolute atomic E-state index is 0.0683. The average Bonchev–Trinajstić information content (AvgIpc) is 3.46. The summed E-state index contributed by atoms with van der Waals surface area (Å²) < 4.78 is 45.4. The van der Waals surface area contributed by atoms with Gasteiger partial charge in [-0.25, -0.2) is 12.8 Å². The second-order valence-corrected chi connectivity index (χ2v) is 11.2. The van der Waals surface area contributed by atoms with E-state index in [0.29, 0.717) is 11.3 Å². The number of thiophene rings is 1. The van der Waals surface area contributed by atoms with Crippen molar-refractivity contribution in [1.82, 2.24) is 15.1 Å². The molecular formula is C25H24FN3O6S2. The molecule has 2 aromatic carbocycles. The summed E-state index contributed by atoms with van der Waals surface area (Å²) in [6.07, 6.45) is 0. The van der Waals surface area contributed by atoms with Gasteiger partial charge in [0.2, 0.25) is 15.2 Å². The summed E-state index contributed by atoms with van der Waals surface area (Å²) in [7, 11) is -2.91. The maximum absolute atomic E-state index is 13.5. The largest absolute Gasteiger partial charge is 0.497 e. The molecule has 9 nitrogen and oxygen atoms in total. The summed E-state index contributed by atoms with van der Waals surface area (Å²) in [5, 5.41) is 2.08. The number of hydrogen-bond acceptors (Lipinski definition) is 7. The van der Waals surface area contributed by atoms with Crippen LogP contribution in [0.25, 0.3) is 0 Å². The first-order valence-corrected chi connectivity index (χ1v) is 13.7. The smallest absolute Gasteiger partial charge is 0.262 e. The molecule has 0 bridgehead atoms. The number of carbonyl (C=O) groups is 3. The first-order valence-electron chi connectivity index (χ1n) is 11.3. The maximum atomic E-state index is 13.5. The summed E-state index contributed by atoms with van der Waals surface area (Å²) >= 11 is 1.10. The zero-order chi connectivity index (χ0) is 26.6. The van der Waals surface area contributed by atoms with Crippen molar-refractivity contribution in [1.29, 1.82) is 0 Å². The van der Waals surface area contributed by atoms with Gasteiger partial charge >= 0.3 is 0 Å². The molecule has 1 fully saturated rings. The molecule has 1 atom stereocenters. The van der Waals surface area contributed by atoms with Crippen molar-refractivity contribution < 1.29 is 31.9 Å². The van der Waals surface area contributed by atoms with Crippen LogP contribution in [0.15, 0.2) is 70.9 Å². The summed E-state index contributed by atoms with van der Waals surface area (Å²) in [5.41, 5.74) is 0.430. The SMILES string of the molecule is COc1cccc(C(=O)N2CCN(C(=O)[C@@H](NC(=O)c3cccs3)S(=O)(=O)c3ccc(F)cc3)CC2)c1. The number of nitrogens with zero attached hydrogens (tertiary/aromatic N) is 2. The normalized spacial score (nSPS) is 14.6. The molecule has 1 N–H and O–H groups in total. The van der Waals surface area contributed by atoms with Gasteiger partial charge in [0.25, 0.3) is 17.7 Å². The number of carbonyl (C=O) groups excluding carboxylic acids is 3. The van der Waals surface area contributed by atoms with Gasteiger partial charge in [-0.1, -0.05) is 12.1 Å². The van der Waals surface area contributed by atoms with Crippen LogP contribution in [0.3, 0.4) is 0 Å². The molecule has 1 aliphatic heterocycles. The fourth-order valence-electron chi connectivity index (χ4n) is 3.86. The number of hydrogen-bond donors (Lipinski definition) is 1. The lowest BCUT2D eigenvalue weighted by atomic mass is 10.1. The summed E-state index contributed by atoms with van der Waals surface area (Å²) in [6, 6.07) is 13.9. The highest BCUT2D eigenvalue weighted by Gasteiger charge is 2.39. The third-order valence-corrected chi connectivity index (χ3v) is 8.62. The number of sulfone groups is 1. The second kappa shape index (κ2) is 11.1. The van der Waals surface area contributed by atoms with Crippen molar-refractivity contribution in [3.63, 3.8) is 0 Å². The van der Waals surface area contributed by atoms with Crippen molar-refractivity contribution in [2.45, 2.75) is 10.3 Å². The number of halogens is 1. The number of rotatable bonds is 7. The number of benzene rings is 2. The molecular weight excluding hydrogens is 521 g/mol. The molecule has 0 radical (unpaired) electrons. The zero-order valence-electron chi connectivity index (χ0n) is 19.8. The predicted octanol–water partition coefficient (Wildman–Crippen LogP) is 2.41. The monoisotopic (exact) mass is 545 g/mol. The van der Waals surface area contributed by atoms with E-state index < -0.39 is 32.8 Å². The first-order chi connectivity index (χ1) is 17.7. The van der Waals surface area contributed by atoms with E-state index in [1.807, 2.05) is 0 Å². The van der Waals surface area contributed by atoms with Crippen LogP contribution < -0.4 is 10.1 Å². The van der Waals surface area contributed by atoms with Crippen molar-refractivity contribution in [2.75, 3.05) is 33.3 Å². The Labute approximate surface area is 217 Å². The van der Waals surface area contributed by atoms with E-state index in [2.05, 4.69) is 5.32 Å². The van der Waals surface area contributed by atoms with Crippen LogP contribution in [-0.4, -0.2) is 74.6 Å². The molecule has 1 saturated heterocycles. The quantitative estimate of drug-likeness (QED) is 0.457. The van der Waals surface area contributed by atoms with E-state index in [1.54, 1.807) is 40.6 Å². The highest BCUT2D eigenvalue weighted by Crippen LogP contribution is 2.20. The maximum Gasteiger partial charge on any atom is 0.262 e. The summed E-state index contributed by atoms with van der Waals surface area (Å²) in [6.45, 7) is 0.478. The fourth-order valence-corrected chi connectivity index (χ4v) is 5.96. The molecule has 0 unspecified atom stereocenters. The number of ether oxygens (including phenoxy) is 1. The lowest BCUT2D eigenvalue weighted by Crippen LogP contribution is -2.57.